The number of carbonyl (C=O) groups is 1. The fourth-order valence-corrected chi connectivity index (χ4v) is 3.35. The third-order valence-corrected chi connectivity index (χ3v) is 4.85. The summed E-state index contributed by atoms with van der Waals surface area (Å²) < 4.78 is 2.02. The van der Waals surface area contributed by atoms with Gasteiger partial charge >= 0.3 is 6.03 Å². The van der Waals surface area contributed by atoms with Crippen molar-refractivity contribution in [3.8, 4) is 0 Å². The molecule has 0 radical (unpaired) electrons. The lowest BCUT2D eigenvalue weighted by Crippen LogP contribution is -2.39. The zero-order valence-electron chi connectivity index (χ0n) is 11.8. The Bertz CT molecular complexity index is 438. The van der Waals surface area contributed by atoms with Crippen molar-refractivity contribution in [1.82, 2.24) is 15.1 Å². The predicted octanol–water partition coefficient (Wildman–Crippen LogP) is 2.87. The summed E-state index contributed by atoms with van der Waals surface area (Å²) in [5.74, 6) is 1.20. The zero-order chi connectivity index (χ0) is 13.9. The smallest absolute Gasteiger partial charge is 0.319 e. The van der Waals surface area contributed by atoms with Gasteiger partial charge in [0, 0.05) is 23.5 Å². The molecule has 2 rings (SSSR count). The van der Waals surface area contributed by atoms with E-state index in [2.05, 4.69) is 36.5 Å². The third kappa shape index (κ3) is 3.89. The number of hydrogen-bond donors (Lipinski definition) is 2. The summed E-state index contributed by atoms with van der Waals surface area (Å²) in [5, 5.41) is 9.95. The number of aromatic nitrogens is 2. The second-order valence-electron chi connectivity index (χ2n) is 5.51. The van der Waals surface area contributed by atoms with Crippen molar-refractivity contribution >= 4 is 23.5 Å². The summed E-state index contributed by atoms with van der Waals surface area (Å²) in [6, 6.07) is 0.143. The Morgan fingerprint density at radius 3 is 3.00 bits per heavy atom. The van der Waals surface area contributed by atoms with Crippen LogP contribution < -0.4 is 10.6 Å². The van der Waals surface area contributed by atoms with Gasteiger partial charge in [-0.25, -0.2) is 4.79 Å². The summed E-state index contributed by atoms with van der Waals surface area (Å²) in [7, 11) is 0. The maximum atomic E-state index is 11.8. The summed E-state index contributed by atoms with van der Waals surface area (Å²) in [4.78, 5) is 11.8. The molecular weight excluding hydrogens is 260 g/mol. The van der Waals surface area contributed by atoms with Crippen LogP contribution in [0.3, 0.4) is 0 Å². The van der Waals surface area contributed by atoms with Gasteiger partial charge in [0.15, 0.2) is 0 Å². The van der Waals surface area contributed by atoms with Crippen LogP contribution in [0.4, 0.5) is 10.5 Å². The monoisotopic (exact) mass is 282 g/mol. The van der Waals surface area contributed by atoms with Crippen LogP contribution in [0.2, 0.25) is 0 Å². The number of rotatable bonds is 4. The molecule has 2 N–H and O–H groups in total. The number of nitrogens with zero attached hydrogens (tertiary/aromatic N) is 2. The molecule has 5 nitrogen and oxygen atoms in total. The van der Waals surface area contributed by atoms with Gasteiger partial charge in [0.25, 0.3) is 0 Å². The van der Waals surface area contributed by atoms with E-state index in [4.69, 9.17) is 0 Å². The molecule has 0 spiro atoms. The zero-order valence-corrected chi connectivity index (χ0v) is 12.6. The topological polar surface area (TPSA) is 59.0 Å². The number of carbonyl (C=O) groups excluding carboxylic acids is 1. The number of nitrogens with one attached hydrogen (secondary N) is 2. The van der Waals surface area contributed by atoms with Crippen molar-refractivity contribution in [2.75, 3.05) is 17.6 Å². The van der Waals surface area contributed by atoms with Crippen molar-refractivity contribution in [1.29, 1.82) is 0 Å². The van der Waals surface area contributed by atoms with Crippen LogP contribution in [0.5, 0.6) is 0 Å². The lowest BCUT2D eigenvalue weighted by atomic mass is 10.1. The van der Waals surface area contributed by atoms with E-state index in [1.54, 1.807) is 6.20 Å². The van der Waals surface area contributed by atoms with Crippen LogP contribution in [0.25, 0.3) is 0 Å². The van der Waals surface area contributed by atoms with Crippen LogP contribution in [0, 0.1) is 0 Å². The number of anilines is 1. The van der Waals surface area contributed by atoms with E-state index in [1.807, 2.05) is 22.6 Å². The minimum absolute atomic E-state index is 0.156. The second-order valence-corrected chi connectivity index (χ2v) is 7.19. The van der Waals surface area contributed by atoms with E-state index >= 15 is 0 Å². The van der Waals surface area contributed by atoms with Gasteiger partial charge in [-0.1, -0.05) is 0 Å². The van der Waals surface area contributed by atoms with Crippen LogP contribution in [0.15, 0.2) is 12.4 Å². The molecule has 1 atom stereocenters. The first-order chi connectivity index (χ1) is 8.98. The normalized spacial score (nSPS) is 22.7. The van der Waals surface area contributed by atoms with Gasteiger partial charge < -0.3 is 10.6 Å². The highest BCUT2D eigenvalue weighted by atomic mass is 32.2. The van der Waals surface area contributed by atoms with Gasteiger partial charge in [-0.2, -0.15) is 16.9 Å². The second kappa shape index (κ2) is 5.86. The van der Waals surface area contributed by atoms with Crippen molar-refractivity contribution in [2.24, 2.45) is 0 Å². The van der Waals surface area contributed by atoms with Gasteiger partial charge in [0.05, 0.1) is 11.9 Å². The first kappa shape index (κ1) is 14.2. The van der Waals surface area contributed by atoms with E-state index < -0.39 is 0 Å². The van der Waals surface area contributed by atoms with E-state index in [9.17, 15) is 4.79 Å². The lowest BCUT2D eigenvalue weighted by molar-refractivity contribution is 0.251. The van der Waals surface area contributed by atoms with Crippen LogP contribution in [0.1, 0.15) is 39.7 Å². The molecule has 0 aromatic carbocycles. The first-order valence-electron chi connectivity index (χ1n) is 6.71. The minimum atomic E-state index is -0.156. The average Bonchev–Trinajstić information content (AvgIpc) is 2.97. The molecule has 6 heteroatoms. The van der Waals surface area contributed by atoms with Crippen LogP contribution in [-0.2, 0) is 0 Å². The Morgan fingerprint density at radius 2 is 2.42 bits per heavy atom. The molecule has 0 saturated carbocycles. The highest BCUT2D eigenvalue weighted by Crippen LogP contribution is 2.36. The Kier molecular flexibility index (Phi) is 4.39. The van der Waals surface area contributed by atoms with Crippen LogP contribution >= 0.6 is 11.8 Å². The molecule has 2 heterocycles. The van der Waals surface area contributed by atoms with Crippen molar-refractivity contribution in [2.45, 2.75) is 44.4 Å². The van der Waals surface area contributed by atoms with E-state index in [0.29, 0.717) is 12.6 Å². The number of thioether (sulfide) groups is 1. The average molecular weight is 282 g/mol. The Labute approximate surface area is 118 Å². The standard InChI is InChI=1S/C13H22N4OS/c1-10(2)17-8-11(7-15-17)16-12(18)14-9-13(3)5-4-6-19-13/h7-8,10H,4-6,9H2,1-3H3,(H2,14,16,18)/t13-/m0/s1. The van der Waals surface area contributed by atoms with E-state index in [0.717, 1.165) is 5.69 Å². The highest BCUT2D eigenvalue weighted by molar-refractivity contribution is 8.00. The molecule has 0 unspecified atom stereocenters. The van der Waals surface area contributed by atoms with Crippen LogP contribution in [-0.4, -0.2) is 32.9 Å². The molecule has 1 fully saturated rings. The molecule has 1 aromatic rings. The lowest BCUT2D eigenvalue weighted by Gasteiger charge is -2.22. The predicted molar refractivity (Wildman–Crippen MR) is 79.7 cm³/mol. The quantitative estimate of drug-likeness (QED) is 0.892. The molecular formula is C13H22N4OS. The number of urea groups is 1. The van der Waals surface area contributed by atoms with Gasteiger partial charge in [-0.15, -0.1) is 0 Å². The fourth-order valence-electron chi connectivity index (χ4n) is 2.10. The summed E-state index contributed by atoms with van der Waals surface area (Å²) in [6.07, 6.45) is 5.93. The summed E-state index contributed by atoms with van der Waals surface area (Å²) >= 11 is 1.94. The Balaban J connectivity index is 1.80. The first-order valence-corrected chi connectivity index (χ1v) is 7.70. The van der Waals surface area contributed by atoms with Gasteiger partial charge in [0.1, 0.15) is 0 Å². The molecule has 0 bridgehead atoms. The maximum Gasteiger partial charge on any atom is 0.319 e. The molecule has 0 aliphatic carbocycles. The fraction of sp³-hybridized carbons (Fsp3) is 0.692. The van der Waals surface area contributed by atoms with E-state index in [-0.39, 0.29) is 10.8 Å². The summed E-state index contributed by atoms with van der Waals surface area (Å²) in [5.41, 5.74) is 0.732. The Hall–Kier alpha value is -1.17. The van der Waals surface area contributed by atoms with Crippen molar-refractivity contribution < 1.29 is 4.79 Å². The Morgan fingerprint density at radius 1 is 1.63 bits per heavy atom. The van der Waals surface area contributed by atoms with Gasteiger partial charge in [-0.05, 0) is 39.4 Å². The van der Waals surface area contributed by atoms with Crippen molar-refractivity contribution in [3.63, 3.8) is 0 Å². The van der Waals surface area contributed by atoms with Crippen molar-refractivity contribution in [3.05, 3.63) is 12.4 Å². The largest absolute Gasteiger partial charge is 0.336 e. The summed E-state index contributed by atoms with van der Waals surface area (Å²) in [6.45, 7) is 7.02. The van der Waals surface area contributed by atoms with Gasteiger partial charge in [0.2, 0.25) is 0 Å². The third-order valence-electron chi connectivity index (χ3n) is 3.31. The minimum Gasteiger partial charge on any atom is -0.336 e. The SMILES string of the molecule is CC(C)n1cc(NC(=O)NC[C@]2(C)CCCS2)cn1. The maximum absolute atomic E-state index is 11.8. The van der Waals surface area contributed by atoms with Gasteiger partial charge in [-0.3, -0.25) is 4.68 Å². The van der Waals surface area contributed by atoms with E-state index in [1.165, 1.54) is 18.6 Å². The highest BCUT2D eigenvalue weighted by Gasteiger charge is 2.29. The number of hydrogen-bond acceptors (Lipinski definition) is 3. The molecule has 1 aromatic heterocycles. The number of amides is 2. The molecule has 106 valence electrons. The molecule has 1 aliphatic heterocycles. The molecule has 19 heavy (non-hydrogen) atoms. The molecule has 1 aliphatic rings. The molecule has 1 saturated heterocycles. The molecule has 2 amide bonds.